The Morgan fingerprint density at radius 1 is 0.934 bits per heavy atom. The summed E-state index contributed by atoms with van der Waals surface area (Å²) in [6.07, 6.45) is 5.19. The van der Waals surface area contributed by atoms with E-state index in [4.69, 9.17) is 0 Å². The SMILES string of the molecule is Cc1ncsc1-c1ccc(C(CN(C)C)NC(=O)C2CCCN2C(=O)C(NC(=O)CN2CCN(c3ccc(C4=CNNC(c5ccccc5O)=C4)cc3)CC2)C(C)(C)C)cc1. The van der Waals surface area contributed by atoms with Crippen LogP contribution in [0.4, 0.5) is 5.69 Å². The van der Waals surface area contributed by atoms with Gasteiger partial charge in [-0.05, 0) is 86.3 Å². The van der Waals surface area contributed by atoms with Gasteiger partial charge in [-0.2, -0.15) is 0 Å². The smallest absolute Gasteiger partial charge is 0.246 e. The zero-order chi connectivity index (χ0) is 43.3. The molecule has 0 spiro atoms. The molecule has 4 aromatic rings. The van der Waals surface area contributed by atoms with Crippen molar-refractivity contribution in [1.82, 2.24) is 41.2 Å². The third-order valence-electron chi connectivity index (χ3n) is 11.7. The number of hydrazine groups is 1. The number of piperazine rings is 1. The van der Waals surface area contributed by atoms with Gasteiger partial charge in [0.1, 0.15) is 17.8 Å². The zero-order valence-electron chi connectivity index (χ0n) is 36.1. The number of benzene rings is 3. The fraction of sp³-hybridized carbons (Fsp3) is 0.404. The monoisotopic (exact) mass is 845 g/mol. The van der Waals surface area contributed by atoms with E-state index in [0.717, 1.165) is 62.9 Å². The summed E-state index contributed by atoms with van der Waals surface area (Å²) in [5.74, 6) is -0.389. The summed E-state index contributed by atoms with van der Waals surface area (Å²) in [6.45, 7) is 12.0. The van der Waals surface area contributed by atoms with E-state index in [9.17, 15) is 19.5 Å². The van der Waals surface area contributed by atoms with Crippen LogP contribution >= 0.6 is 11.3 Å². The number of phenolic OH excluding ortho intramolecular Hbond substituents is 1. The van der Waals surface area contributed by atoms with Crippen LogP contribution in [-0.4, -0.2) is 115 Å². The predicted molar refractivity (Wildman–Crippen MR) is 243 cm³/mol. The number of likely N-dealkylation sites (N-methyl/N-ethyl adjacent to an activating group) is 1. The number of anilines is 1. The van der Waals surface area contributed by atoms with Crippen LogP contribution in [0.3, 0.4) is 0 Å². The van der Waals surface area contributed by atoms with Gasteiger partial charge in [0.15, 0.2) is 0 Å². The van der Waals surface area contributed by atoms with Gasteiger partial charge in [-0.15, -0.1) is 11.3 Å². The minimum Gasteiger partial charge on any atom is -0.507 e. The van der Waals surface area contributed by atoms with Gasteiger partial charge >= 0.3 is 0 Å². The summed E-state index contributed by atoms with van der Waals surface area (Å²) in [5, 5.41) is 16.7. The number of nitrogens with one attached hydrogen (secondary N) is 4. The normalized spacial score (nSPS) is 18.1. The summed E-state index contributed by atoms with van der Waals surface area (Å²) in [7, 11) is 3.96. The van der Waals surface area contributed by atoms with E-state index in [-0.39, 0.29) is 36.1 Å². The Morgan fingerprint density at radius 2 is 1.64 bits per heavy atom. The maximum absolute atomic E-state index is 14.3. The standard InChI is InChI=1S/C47H59N9O4S/c1-31-43(61-30-48-31)34-15-13-33(14-16-34)39(28-53(5)6)50-45(59)40-11-9-21-56(40)46(60)44(47(2,3)4)51-42(58)29-54-22-24-55(25-23-54)36-19-17-32(18-20-36)35-26-38(52-49-27-35)37-10-7-8-12-41(37)57/h7-8,10,12-20,26-27,30,39-40,44,49,52,57H,9,11,21-25,28-29H2,1-6H3,(H,50,59)(H,51,58). The van der Waals surface area contributed by atoms with Crippen LogP contribution in [0.25, 0.3) is 21.7 Å². The molecule has 13 nitrogen and oxygen atoms in total. The minimum absolute atomic E-state index is 0.179. The van der Waals surface area contributed by atoms with Gasteiger partial charge in [0.25, 0.3) is 0 Å². The summed E-state index contributed by atoms with van der Waals surface area (Å²) in [5.41, 5.74) is 15.2. The highest BCUT2D eigenvalue weighted by Gasteiger charge is 2.42. The molecule has 0 bridgehead atoms. The maximum Gasteiger partial charge on any atom is 0.246 e. The van der Waals surface area contributed by atoms with Gasteiger partial charge < -0.3 is 41.3 Å². The molecule has 3 aliphatic rings. The Kier molecular flexibility index (Phi) is 13.5. The quantitative estimate of drug-likeness (QED) is 0.119. The van der Waals surface area contributed by atoms with Crippen molar-refractivity contribution in [2.75, 3.05) is 64.8 Å². The molecule has 3 aromatic carbocycles. The predicted octanol–water partition coefficient (Wildman–Crippen LogP) is 5.38. The molecule has 4 heterocycles. The second-order valence-electron chi connectivity index (χ2n) is 17.5. The average molecular weight is 846 g/mol. The Balaban J connectivity index is 0.929. The van der Waals surface area contributed by atoms with Gasteiger partial charge in [-0.25, -0.2) is 4.98 Å². The summed E-state index contributed by atoms with van der Waals surface area (Å²) in [6, 6.07) is 22.2. The van der Waals surface area contributed by atoms with Gasteiger partial charge in [-0.1, -0.05) is 69.3 Å². The molecule has 14 heteroatoms. The van der Waals surface area contributed by atoms with E-state index in [2.05, 4.69) is 84.8 Å². The third-order valence-corrected chi connectivity index (χ3v) is 12.7. The number of allylic oxidation sites excluding steroid dienone is 2. The molecule has 0 aliphatic carbocycles. The molecule has 322 valence electrons. The number of amides is 3. The Morgan fingerprint density at radius 3 is 2.30 bits per heavy atom. The number of likely N-dealkylation sites (tertiary alicyclic amines) is 1. The zero-order valence-corrected chi connectivity index (χ0v) is 36.9. The van der Waals surface area contributed by atoms with E-state index in [1.165, 1.54) is 0 Å². The molecule has 1 aromatic heterocycles. The molecule has 0 saturated carbocycles. The van der Waals surface area contributed by atoms with Crippen LogP contribution in [0, 0.1) is 12.3 Å². The van der Waals surface area contributed by atoms with Crippen molar-refractivity contribution >= 4 is 46.0 Å². The second-order valence-corrected chi connectivity index (χ2v) is 18.4. The molecule has 3 atom stereocenters. The first-order chi connectivity index (χ1) is 29.2. The first kappa shape index (κ1) is 43.4. The van der Waals surface area contributed by atoms with Gasteiger partial charge in [0, 0.05) is 62.3 Å². The number of aromatic nitrogens is 1. The van der Waals surface area contributed by atoms with Crippen LogP contribution in [-0.2, 0) is 14.4 Å². The molecule has 2 fully saturated rings. The lowest BCUT2D eigenvalue weighted by Gasteiger charge is -2.38. The van der Waals surface area contributed by atoms with Crippen molar-refractivity contribution in [1.29, 1.82) is 0 Å². The first-order valence-corrected chi connectivity index (χ1v) is 22.0. The highest BCUT2D eigenvalue weighted by atomic mass is 32.1. The summed E-state index contributed by atoms with van der Waals surface area (Å²) < 4.78 is 0. The number of rotatable bonds is 13. The van der Waals surface area contributed by atoms with Crippen LogP contribution < -0.4 is 26.4 Å². The van der Waals surface area contributed by atoms with Gasteiger partial charge in [0.05, 0.1) is 34.4 Å². The molecule has 5 N–H and O–H groups in total. The Bertz CT molecular complexity index is 2240. The molecule has 2 saturated heterocycles. The average Bonchev–Trinajstić information content (AvgIpc) is 3.92. The van der Waals surface area contributed by atoms with Crippen LogP contribution in [0.5, 0.6) is 5.75 Å². The Labute approximate surface area is 363 Å². The van der Waals surface area contributed by atoms with Crippen molar-refractivity contribution in [3.05, 3.63) is 113 Å². The van der Waals surface area contributed by atoms with Crippen molar-refractivity contribution in [3.8, 4) is 16.2 Å². The number of carbonyl (C=O) groups excluding carboxylic acids is 3. The lowest BCUT2D eigenvalue weighted by molar-refractivity contribution is -0.144. The number of nitrogens with zero attached hydrogens (tertiary/aromatic N) is 5. The molecular formula is C47H59N9O4S. The number of phenols is 1. The minimum atomic E-state index is -0.789. The van der Waals surface area contributed by atoms with Crippen LogP contribution in [0.1, 0.15) is 62.0 Å². The number of carbonyl (C=O) groups is 3. The number of para-hydroxylation sites is 1. The highest BCUT2D eigenvalue weighted by molar-refractivity contribution is 7.13. The number of aryl methyl sites for hydroxylation is 1. The number of hydrogen-bond donors (Lipinski definition) is 5. The molecule has 3 aliphatic heterocycles. The van der Waals surface area contributed by atoms with E-state index in [1.807, 2.05) is 76.6 Å². The fourth-order valence-electron chi connectivity index (χ4n) is 8.31. The number of thiazole rings is 1. The molecular weight excluding hydrogens is 787 g/mol. The van der Waals surface area contributed by atoms with E-state index >= 15 is 0 Å². The summed E-state index contributed by atoms with van der Waals surface area (Å²) >= 11 is 1.61. The number of aromatic hydroxyl groups is 1. The summed E-state index contributed by atoms with van der Waals surface area (Å²) in [4.78, 5) is 55.7. The highest BCUT2D eigenvalue weighted by Crippen LogP contribution is 2.31. The van der Waals surface area contributed by atoms with Crippen molar-refractivity contribution in [2.45, 2.75) is 58.7 Å². The van der Waals surface area contributed by atoms with Gasteiger partial charge in [0.2, 0.25) is 17.7 Å². The van der Waals surface area contributed by atoms with Crippen molar-refractivity contribution in [3.63, 3.8) is 0 Å². The van der Waals surface area contributed by atoms with E-state index in [0.29, 0.717) is 39.0 Å². The molecule has 0 radical (unpaired) electrons. The van der Waals surface area contributed by atoms with Crippen molar-refractivity contribution in [2.24, 2.45) is 5.41 Å². The third kappa shape index (κ3) is 10.4. The maximum atomic E-state index is 14.3. The molecule has 3 amide bonds. The van der Waals surface area contributed by atoms with Crippen molar-refractivity contribution < 1.29 is 19.5 Å². The second kappa shape index (κ2) is 18.9. The molecule has 61 heavy (non-hydrogen) atoms. The van der Waals surface area contributed by atoms with Crippen LogP contribution in [0.2, 0.25) is 0 Å². The number of hydrogen-bond acceptors (Lipinski definition) is 11. The fourth-order valence-corrected chi connectivity index (χ4v) is 9.12. The lowest BCUT2D eigenvalue weighted by atomic mass is 9.85. The van der Waals surface area contributed by atoms with Crippen LogP contribution in [0.15, 0.2) is 90.6 Å². The molecule has 3 unspecified atom stereocenters. The topological polar surface area (TPSA) is 145 Å². The Hall–Kier alpha value is -5.70. The van der Waals surface area contributed by atoms with E-state index < -0.39 is 17.5 Å². The van der Waals surface area contributed by atoms with Gasteiger partial charge in [-0.3, -0.25) is 19.3 Å². The largest absolute Gasteiger partial charge is 0.507 e. The van der Waals surface area contributed by atoms with E-state index in [1.54, 1.807) is 28.4 Å². The first-order valence-electron chi connectivity index (χ1n) is 21.1. The molecule has 7 rings (SSSR count). The lowest BCUT2D eigenvalue weighted by Crippen LogP contribution is -2.59.